The maximum Gasteiger partial charge on any atom is 0.0397 e. The van der Waals surface area contributed by atoms with Gasteiger partial charge in [-0.25, -0.2) is 0 Å². The van der Waals surface area contributed by atoms with Gasteiger partial charge in [-0.3, -0.25) is 0 Å². The van der Waals surface area contributed by atoms with Crippen LogP contribution in [0.15, 0.2) is 0 Å². The third-order valence-corrected chi connectivity index (χ3v) is 3.04. The van der Waals surface area contributed by atoms with Gasteiger partial charge in [-0.05, 0) is 32.4 Å². The van der Waals surface area contributed by atoms with Crippen LogP contribution < -0.4 is 0 Å². The molecule has 0 saturated carbocycles. The number of hydrogen-bond donors (Lipinski definition) is 1. The Kier molecular flexibility index (Phi) is 1.87. The summed E-state index contributed by atoms with van der Waals surface area (Å²) in [5.74, 6) is 0.721. The molecule has 2 saturated heterocycles. The maximum atomic E-state index is 9.28. The van der Waals surface area contributed by atoms with E-state index < -0.39 is 0 Å². The maximum absolute atomic E-state index is 9.28. The standard InChI is InChI=1S/C8H16N2O/c1-9-4-2-3-7-5-10(11)6-8(7)9/h7-8,11H,2-6H2,1H3. The molecule has 0 aromatic heterocycles. The van der Waals surface area contributed by atoms with E-state index in [-0.39, 0.29) is 0 Å². The molecule has 0 spiro atoms. The number of likely N-dealkylation sites (N-methyl/N-ethyl adjacent to an activating group) is 1. The average molecular weight is 156 g/mol. The summed E-state index contributed by atoms with van der Waals surface area (Å²) in [6.45, 7) is 2.94. The van der Waals surface area contributed by atoms with Crippen molar-refractivity contribution in [3.05, 3.63) is 0 Å². The molecule has 2 rings (SSSR count). The van der Waals surface area contributed by atoms with Crippen LogP contribution in [0, 0.1) is 5.92 Å². The zero-order valence-electron chi connectivity index (χ0n) is 7.03. The molecule has 0 radical (unpaired) electrons. The van der Waals surface area contributed by atoms with Crippen molar-refractivity contribution in [3.63, 3.8) is 0 Å². The molecular weight excluding hydrogens is 140 g/mol. The fourth-order valence-corrected chi connectivity index (χ4v) is 2.38. The summed E-state index contributed by atoms with van der Waals surface area (Å²) in [5, 5.41) is 10.8. The molecule has 2 heterocycles. The third kappa shape index (κ3) is 1.28. The fraction of sp³-hybridized carbons (Fsp3) is 1.00. The first-order chi connectivity index (χ1) is 5.27. The molecule has 2 aliphatic heterocycles. The zero-order chi connectivity index (χ0) is 7.84. The van der Waals surface area contributed by atoms with Gasteiger partial charge in [-0.2, -0.15) is 5.06 Å². The predicted molar refractivity (Wildman–Crippen MR) is 42.5 cm³/mol. The highest BCUT2D eigenvalue weighted by Gasteiger charge is 2.36. The summed E-state index contributed by atoms with van der Waals surface area (Å²) in [7, 11) is 2.16. The lowest BCUT2D eigenvalue weighted by molar-refractivity contribution is -0.0738. The van der Waals surface area contributed by atoms with Gasteiger partial charge >= 0.3 is 0 Å². The molecule has 2 aliphatic rings. The molecule has 0 aromatic carbocycles. The number of piperidine rings is 1. The van der Waals surface area contributed by atoms with Crippen molar-refractivity contribution in [3.8, 4) is 0 Å². The molecule has 0 aromatic rings. The number of likely N-dealkylation sites (tertiary alicyclic amines) is 1. The van der Waals surface area contributed by atoms with Gasteiger partial charge in [-0.15, -0.1) is 0 Å². The largest absolute Gasteiger partial charge is 0.314 e. The van der Waals surface area contributed by atoms with E-state index in [1.165, 1.54) is 24.4 Å². The third-order valence-electron chi connectivity index (χ3n) is 3.04. The van der Waals surface area contributed by atoms with Crippen molar-refractivity contribution in [2.24, 2.45) is 5.92 Å². The molecule has 11 heavy (non-hydrogen) atoms. The highest BCUT2D eigenvalue weighted by molar-refractivity contribution is 4.89. The van der Waals surface area contributed by atoms with E-state index in [1.54, 1.807) is 0 Å². The molecule has 2 atom stereocenters. The first-order valence-corrected chi connectivity index (χ1v) is 4.41. The van der Waals surface area contributed by atoms with E-state index in [4.69, 9.17) is 0 Å². The van der Waals surface area contributed by atoms with Crippen LogP contribution in [-0.4, -0.2) is 47.9 Å². The Morgan fingerprint density at radius 3 is 2.91 bits per heavy atom. The number of nitrogens with zero attached hydrogens (tertiary/aromatic N) is 2. The van der Waals surface area contributed by atoms with Crippen molar-refractivity contribution < 1.29 is 5.21 Å². The molecule has 2 unspecified atom stereocenters. The molecule has 0 amide bonds. The number of rotatable bonds is 0. The molecular formula is C8H16N2O. The molecule has 3 heteroatoms. The van der Waals surface area contributed by atoms with E-state index in [9.17, 15) is 5.21 Å². The van der Waals surface area contributed by atoms with Crippen LogP contribution in [0.25, 0.3) is 0 Å². The normalized spacial score (nSPS) is 40.9. The van der Waals surface area contributed by atoms with Gasteiger partial charge < -0.3 is 10.1 Å². The van der Waals surface area contributed by atoms with Crippen molar-refractivity contribution in [2.45, 2.75) is 18.9 Å². The van der Waals surface area contributed by atoms with Crippen LogP contribution in [0.2, 0.25) is 0 Å². The van der Waals surface area contributed by atoms with Gasteiger partial charge in [0.05, 0.1) is 0 Å². The van der Waals surface area contributed by atoms with Crippen LogP contribution in [0.5, 0.6) is 0 Å². The van der Waals surface area contributed by atoms with E-state index in [0.29, 0.717) is 6.04 Å². The quantitative estimate of drug-likeness (QED) is 0.550. The Morgan fingerprint density at radius 2 is 2.18 bits per heavy atom. The van der Waals surface area contributed by atoms with Crippen LogP contribution in [0.1, 0.15) is 12.8 Å². The van der Waals surface area contributed by atoms with Crippen LogP contribution in [0.4, 0.5) is 0 Å². The first-order valence-electron chi connectivity index (χ1n) is 4.41. The smallest absolute Gasteiger partial charge is 0.0397 e. The van der Waals surface area contributed by atoms with E-state index >= 15 is 0 Å². The van der Waals surface area contributed by atoms with Crippen molar-refractivity contribution in [1.82, 2.24) is 9.96 Å². The summed E-state index contributed by atoms with van der Waals surface area (Å²) in [6.07, 6.45) is 2.59. The van der Waals surface area contributed by atoms with E-state index in [1.807, 2.05) is 0 Å². The van der Waals surface area contributed by atoms with Crippen molar-refractivity contribution >= 4 is 0 Å². The predicted octanol–water partition coefficient (Wildman–Crippen LogP) is 0.402. The van der Waals surface area contributed by atoms with Gasteiger partial charge in [0.15, 0.2) is 0 Å². The second-order valence-corrected chi connectivity index (χ2v) is 3.82. The van der Waals surface area contributed by atoms with Gasteiger partial charge in [-0.1, -0.05) is 0 Å². The number of hydrogen-bond acceptors (Lipinski definition) is 3. The van der Waals surface area contributed by atoms with Crippen molar-refractivity contribution in [1.29, 1.82) is 0 Å². The Bertz CT molecular complexity index is 151. The van der Waals surface area contributed by atoms with Crippen LogP contribution >= 0.6 is 0 Å². The van der Waals surface area contributed by atoms with Gasteiger partial charge in [0, 0.05) is 19.1 Å². The monoisotopic (exact) mass is 156 g/mol. The molecule has 0 bridgehead atoms. The van der Waals surface area contributed by atoms with Crippen LogP contribution in [-0.2, 0) is 0 Å². The second-order valence-electron chi connectivity index (χ2n) is 3.82. The summed E-state index contributed by atoms with van der Waals surface area (Å²) in [6, 6.07) is 0.619. The second kappa shape index (κ2) is 2.73. The van der Waals surface area contributed by atoms with Gasteiger partial charge in [0.25, 0.3) is 0 Å². The summed E-state index contributed by atoms with van der Waals surface area (Å²) in [4.78, 5) is 2.38. The minimum Gasteiger partial charge on any atom is -0.314 e. The van der Waals surface area contributed by atoms with E-state index in [0.717, 1.165) is 19.0 Å². The highest BCUT2D eigenvalue weighted by atomic mass is 16.5. The van der Waals surface area contributed by atoms with Gasteiger partial charge in [0.1, 0.15) is 0 Å². The highest BCUT2D eigenvalue weighted by Crippen LogP contribution is 2.28. The minimum atomic E-state index is 0.619. The van der Waals surface area contributed by atoms with Gasteiger partial charge in [0.2, 0.25) is 0 Å². The SMILES string of the molecule is CN1CCCC2CN(O)CC21. The van der Waals surface area contributed by atoms with E-state index in [2.05, 4.69) is 11.9 Å². The molecule has 1 N–H and O–H groups in total. The summed E-state index contributed by atoms with van der Waals surface area (Å²) >= 11 is 0. The van der Waals surface area contributed by atoms with Crippen molar-refractivity contribution in [2.75, 3.05) is 26.7 Å². The first kappa shape index (κ1) is 7.53. The lowest BCUT2D eigenvalue weighted by Crippen LogP contribution is -2.42. The zero-order valence-corrected chi connectivity index (χ0v) is 7.03. The fourth-order valence-electron chi connectivity index (χ4n) is 2.38. The number of hydroxylamine groups is 2. The lowest BCUT2D eigenvalue weighted by atomic mass is 9.93. The van der Waals surface area contributed by atoms with Crippen LogP contribution in [0.3, 0.4) is 0 Å². The lowest BCUT2D eigenvalue weighted by Gasteiger charge is -2.33. The average Bonchev–Trinajstić information content (AvgIpc) is 2.31. The molecule has 0 aliphatic carbocycles. The topological polar surface area (TPSA) is 26.7 Å². The Balaban J connectivity index is 2.03. The minimum absolute atomic E-state index is 0.619. The Labute approximate surface area is 67.6 Å². The molecule has 64 valence electrons. The molecule has 3 nitrogen and oxygen atoms in total. The Hall–Kier alpha value is -0.120. The Morgan fingerprint density at radius 1 is 1.36 bits per heavy atom. The summed E-state index contributed by atoms with van der Waals surface area (Å²) < 4.78 is 0. The summed E-state index contributed by atoms with van der Waals surface area (Å²) in [5.41, 5.74) is 0. The molecule has 2 fully saturated rings. The number of fused-ring (bicyclic) bond motifs is 1.